The lowest BCUT2D eigenvalue weighted by Gasteiger charge is -2.34. The molecule has 3 heterocycles. The first-order valence-corrected chi connectivity index (χ1v) is 7.38. The Bertz CT molecular complexity index is 538. The number of nitrogens with zero attached hydrogens (tertiary/aromatic N) is 2. The lowest BCUT2D eigenvalue weighted by molar-refractivity contribution is 0.624. The van der Waals surface area contributed by atoms with E-state index in [1.807, 2.05) is 23.5 Å². The Morgan fingerprint density at radius 2 is 2.29 bits per heavy atom. The minimum Gasteiger partial charge on any atom is -0.349 e. The Kier molecular flexibility index (Phi) is 2.92. The number of anilines is 1. The summed E-state index contributed by atoms with van der Waals surface area (Å²) < 4.78 is 0.901. The van der Waals surface area contributed by atoms with Crippen molar-refractivity contribution in [2.24, 2.45) is 0 Å². The summed E-state index contributed by atoms with van der Waals surface area (Å²) >= 11 is 5.31. The lowest BCUT2D eigenvalue weighted by Crippen LogP contribution is -2.33. The summed E-state index contributed by atoms with van der Waals surface area (Å²) in [6.07, 6.45) is 1.13. The maximum atomic E-state index is 4.55. The van der Waals surface area contributed by atoms with Gasteiger partial charge in [-0.25, -0.2) is 4.98 Å². The highest BCUT2D eigenvalue weighted by atomic mass is 79.9. The molecule has 0 N–H and O–H groups in total. The van der Waals surface area contributed by atoms with Crippen LogP contribution in [0.25, 0.3) is 0 Å². The second kappa shape index (κ2) is 4.42. The van der Waals surface area contributed by atoms with Gasteiger partial charge in [0.15, 0.2) is 0 Å². The third kappa shape index (κ3) is 2.00. The largest absolute Gasteiger partial charge is 0.349 e. The second-order valence-corrected chi connectivity index (χ2v) is 6.05. The van der Waals surface area contributed by atoms with Crippen molar-refractivity contribution in [2.45, 2.75) is 19.4 Å². The van der Waals surface area contributed by atoms with Crippen molar-refractivity contribution >= 4 is 33.1 Å². The molecule has 1 aliphatic rings. The van der Waals surface area contributed by atoms with Crippen LogP contribution in [0.3, 0.4) is 0 Å². The number of fused-ring (bicyclic) bond motifs is 1. The second-order valence-electron chi connectivity index (χ2n) is 4.24. The predicted molar refractivity (Wildman–Crippen MR) is 75.7 cm³/mol. The summed E-state index contributed by atoms with van der Waals surface area (Å²) in [4.78, 5) is 8.46. The van der Waals surface area contributed by atoms with E-state index in [-0.39, 0.29) is 0 Å². The van der Waals surface area contributed by atoms with Crippen LogP contribution in [0.4, 0.5) is 5.82 Å². The van der Waals surface area contributed by atoms with E-state index in [1.165, 1.54) is 10.4 Å². The van der Waals surface area contributed by atoms with E-state index in [9.17, 15) is 0 Å². The monoisotopic (exact) mass is 308 g/mol. The Hall–Kier alpha value is -0.870. The Morgan fingerprint density at radius 1 is 1.41 bits per heavy atom. The Balaban J connectivity index is 1.96. The summed E-state index contributed by atoms with van der Waals surface area (Å²) in [5.41, 5.74) is 1.46. The van der Waals surface area contributed by atoms with Gasteiger partial charge in [-0.3, -0.25) is 0 Å². The van der Waals surface area contributed by atoms with Crippen molar-refractivity contribution in [3.8, 4) is 0 Å². The third-order valence-corrected chi connectivity index (χ3v) is 4.71. The molecule has 4 heteroatoms. The van der Waals surface area contributed by atoms with Crippen LogP contribution in [0.1, 0.15) is 23.4 Å². The minimum atomic E-state index is 0.423. The van der Waals surface area contributed by atoms with Gasteiger partial charge in [0.25, 0.3) is 0 Å². The molecule has 1 unspecified atom stereocenters. The van der Waals surface area contributed by atoms with Gasteiger partial charge in [-0.2, -0.15) is 0 Å². The molecule has 1 atom stereocenters. The molecule has 88 valence electrons. The zero-order valence-electron chi connectivity index (χ0n) is 9.56. The van der Waals surface area contributed by atoms with Gasteiger partial charge in [-0.15, -0.1) is 11.3 Å². The number of halogens is 1. The number of thiophene rings is 1. The molecule has 0 fully saturated rings. The number of pyridine rings is 1. The predicted octanol–water partition coefficient (Wildman–Crippen LogP) is 4.03. The van der Waals surface area contributed by atoms with Gasteiger partial charge < -0.3 is 4.90 Å². The number of rotatable bonds is 1. The van der Waals surface area contributed by atoms with E-state index < -0.39 is 0 Å². The van der Waals surface area contributed by atoms with E-state index in [0.29, 0.717) is 6.04 Å². The zero-order valence-corrected chi connectivity index (χ0v) is 12.0. The summed E-state index contributed by atoms with van der Waals surface area (Å²) in [5.74, 6) is 1.06. The van der Waals surface area contributed by atoms with E-state index in [1.54, 1.807) is 0 Å². The molecule has 0 aliphatic carbocycles. The SMILES string of the molecule is CC1c2ccsc2CCN1c1cccc(Br)n1. The quantitative estimate of drug-likeness (QED) is 0.739. The molecule has 0 saturated heterocycles. The first-order chi connectivity index (χ1) is 8.25. The smallest absolute Gasteiger partial charge is 0.130 e. The first-order valence-electron chi connectivity index (χ1n) is 5.71. The molecular formula is C13H13BrN2S. The maximum Gasteiger partial charge on any atom is 0.130 e. The minimum absolute atomic E-state index is 0.423. The van der Waals surface area contributed by atoms with Gasteiger partial charge in [-0.05, 0) is 58.4 Å². The number of aromatic nitrogens is 1. The van der Waals surface area contributed by atoms with E-state index in [0.717, 1.165) is 23.4 Å². The number of hydrogen-bond acceptors (Lipinski definition) is 3. The molecule has 0 saturated carbocycles. The molecule has 0 bridgehead atoms. The van der Waals surface area contributed by atoms with Crippen LogP contribution in [0.15, 0.2) is 34.2 Å². The van der Waals surface area contributed by atoms with Gasteiger partial charge in [0.2, 0.25) is 0 Å². The van der Waals surface area contributed by atoms with Crippen LogP contribution in [-0.4, -0.2) is 11.5 Å². The molecule has 2 aromatic heterocycles. The lowest BCUT2D eigenvalue weighted by atomic mass is 10.0. The van der Waals surface area contributed by atoms with E-state index >= 15 is 0 Å². The molecule has 0 amide bonds. The normalized spacial score (nSPS) is 19.2. The fourth-order valence-electron chi connectivity index (χ4n) is 2.38. The fraction of sp³-hybridized carbons (Fsp3) is 0.308. The van der Waals surface area contributed by atoms with Gasteiger partial charge >= 0.3 is 0 Å². The molecular weight excluding hydrogens is 296 g/mol. The third-order valence-electron chi connectivity index (χ3n) is 3.27. The van der Waals surface area contributed by atoms with Crippen LogP contribution in [0.5, 0.6) is 0 Å². The van der Waals surface area contributed by atoms with Crippen LogP contribution in [0, 0.1) is 0 Å². The molecule has 0 radical (unpaired) electrons. The summed E-state index contributed by atoms with van der Waals surface area (Å²) in [7, 11) is 0. The van der Waals surface area contributed by atoms with Crippen molar-refractivity contribution in [3.05, 3.63) is 44.7 Å². The highest BCUT2D eigenvalue weighted by molar-refractivity contribution is 9.10. The summed E-state index contributed by atoms with van der Waals surface area (Å²) in [5, 5.41) is 2.19. The van der Waals surface area contributed by atoms with Crippen molar-refractivity contribution in [2.75, 3.05) is 11.4 Å². The highest BCUT2D eigenvalue weighted by Crippen LogP contribution is 2.35. The van der Waals surface area contributed by atoms with Crippen molar-refractivity contribution in [3.63, 3.8) is 0 Å². The van der Waals surface area contributed by atoms with Crippen LogP contribution >= 0.6 is 27.3 Å². The number of hydrogen-bond donors (Lipinski definition) is 0. The average molecular weight is 309 g/mol. The standard InChI is InChI=1S/C13H13BrN2S/c1-9-10-6-8-17-11(10)5-7-16(9)13-4-2-3-12(14)15-13/h2-4,6,8-9H,5,7H2,1H3. The first kappa shape index (κ1) is 11.2. The molecule has 3 rings (SSSR count). The van der Waals surface area contributed by atoms with Crippen LogP contribution < -0.4 is 4.90 Å². The van der Waals surface area contributed by atoms with Gasteiger partial charge in [0.1, 0.15) is 10.4 Å². The van der Waals surface area contributed by atoms with Gasteiger partial charge in [0, 0.05) is 11.4 Å². The Labute approximate surface area is 113 Å². The molecule has 0 aromatic carbocycles. The fourth-order valence-corrected chi connectivity index (χ4v) is 3.68. The molecule has 2 nitrogen and oxygen atoms in total. The highest BCUT2D eigenvalue weighted by Gasteiger charge is 2.25. The molecule has 17 heavy (non-hydrogen) atoms. The zero-order chi connectivity index (χ0) is 11.8. The van der Waals surface area contributed by atoms with E-state index in [4.69, 9.17) is 0 Å². The van der Waals surface area contributed by atoms with E-state index in [2.05, 4.69) is 50.3 Å². The molecule has 0 spiro atoms. The van der Waals surface area contributed by atoms with Crippen molar-refractivity contribution < 1.29 is 0 Å². The maximum absolute atomic E-state index is 4.55. The van der Waals surface area contributed by atoms with Crippen LogP contribution in [-0.2, 0) is 6.42 Å². The van der Waals surface area contributed by atoms with Gasteiger partial charge in [-0.1, -0.05) is 6.07 Å². The van der Waals surface area contributed by atoms with Gasteiger partial charge in [0.05, 0.1) is 6.04 Å². The Morgan fingerprint density at radius 3 is 3.12 bits per heavy atom. The molecule has 1 aliphatic heterocycles. The summed E-state index contributed by atoms with van der Waals surface area (Å²) in [6, 6.07) is 8.76. The topological polar surface area (TPSA) is 16.1 Å². The summed E-state index contributed by atoms with van der Waals surface area (Å²) in [6.45, 7) is 3.31. The molecule has 2 aromatic rings. The van der Waals surface area contributed by atoms with Crippen molar-refractivity contribution in [1.29, 1.82) is 0 Å². The average Bonchev–Trinajstić information content (AvgIpc) is 2.78. The van der Waals surface area contributed by atoms with Crippen LogP contribution in [0.2, 0.25) is 0 Å². The van der Waals surface area contributed by atoms with Crippen molar-refractivity contribution in [1.82, 2.24) is 4.98 Å².